The molecule has 0 amide bonds. The molecule has 11 heavy (non-hydrogen) atoms. The van der Waals surface area contributed by atoms with Crippen LogP contribution in [0.2, 0.25) is 0 Å². The largest absolute Gasteiger partial charge is 0.198 e. The lowest BCUT2D eigenvalue weighted by Crippen LogP contribution is -1.91. The van der Waals surface area contributed by atoms with Gasteiger partial charge in [-0.25, -0.2) is 0 Å². The first-order valence-corrected chi connectivity index (χ1v) is 5.25. The predicted octanol–water partition coefficient (Wildman–Crippen LogP) is 3.00. The fraction of sp³-hybridized carbons (Fsp3) is 0.375. The number of thioether (sulfide) groups is 1. The molecule has 0 spiro atoms. The van der Waals surface area contributed by atoms with Crippen molar-refractivity contribution in [3.8, 4) is 6.07 Å². The van der Waals surface area contributed by atoms with Gasteiger partial charge in [0, 0.05) is 5.75 Å². The summed E-state index contributed by atoms with van der Waals surface area (Å²) in [5.41, 5.74) is 0. The Kier molecular flexibility index (Phi) is 3.47. The first kappa shape index (κ1) is 8.63. The molecular weight excluding hydrogens is 174 g/mol. The summed E-state index contributed by atoms with van der Waals surface area (Å²) in [6.45, 7) is 1.95. The van der Waals surface area contributed by atoms with Gasteiger partial charge in [0.1, 0.15) is 0 Å². The molecule has 0 aromatic carbocycles. The second kappa shape index (κ2) is 4.42. The monoisotopic (exact) mass is 183 g/mol. The number of hydrogen-bond donors (Lipinski definition) is 0. The van der Waals surface area contributed by atoms with E-state index in [1.165, 1.54) is 4.21 Å². The first-order chi connectivity index (χ1) is 5.33. The molecule has 1 aromatic rings. The van der Waals surface area contributed by atoms with E-state index >= 15 is 0 Å². The maximum Gasteiger partial charge on any atom is 0.0661 e. The normalized spacial score (nSPS) is 12.4. The third-order valence-corrected chi connectivity index (χ3v) is 3.58. The highest BCUT2D eigenvalue weighted by Crippen LogP contribution is 2.24. The number of thiophene rings is 1. The molecule has 1 unspecified atom stereocenters. The van der Waals surface area contributed by atoms with Gasteiger partial charge in [-0.2, -0.15) is 5.26 Å². The number of nitrogens with zero attached hydrogens (tertiary/aromatic N) is 1. The summed E-state index contributed by atoms with van der Waals surface area (Å²) in [5, 5.41) is 10.6. The van der Waals surface area contributed by atoms with Crippen LogP contribution in [-0.2, 0) is 0 Å². The van der Waals surface area contributed by atoms with Gasteiger partial charge in [0.2, 0.25) is 0 Å². The summed E-state index contributed by atoms with van der Waals surface area (Å²) in [5.74, 6) is 1.05. The lowest BCUT2D eigenvalue weighted by atomic mass is 10.3. The topological polar surface area (TPSA) is 23.8 Å². The second-order valence-electron chi connectivity index (χ2n) is 2.27. The smallest absolute Gasteiger partial charge is 0.0661 e. The average Bonchev–Trinajstić information content (AvgIpc) is 2.52. The summed E-state index contributed by atoms with van der Waals surface area (Å²) in [4.78, 5) is 0. The fourth-order valence-corrected chi connectivity index (χ4v) is 2.34. The van der Waals surface area contributed by atoms with E-state index in [0.29, 0.717) is 0 Å². The minimum absolute atomic E-state index is 0.155. The van der Waals surface area contributed by atoms with E-state index in [9.17, 15) is 0 Å². The molecule has 0 saturated carbocycles. The van der Waals surface area contributed by atoms with Crippen LogP contribution in [0.4, 0.5) is 0 Å². The van der Waals surface area contributed by atoms with Gasteiger partial charge in [0.05, 0.1) is 16.2 Å². The molecule has 1 nitrogen and oxygen atoms in total. The van der Waals surface area contributed by atoms with Crippen LogP contribution in [0.1, 0.15) is 6.92 Å². The Bertz CT molecular complexity index is 235. The van der Waals surface area contributed by atoms with Gasteiger partial charge in [0.25, 0.3) is 0 Å². The summed E-state index contributed by atoms with van der Waals surface area (Å²) in [6.07, 6.45) is 0. The molecule has 0 aliphatic heterocycles. The number of nitriles is 1. The third kappa shape index (κ3) is 2.96. The molecule has 1 rings (SSSR count). The zero-order valence-electron chi connectivity index (χ0n) is 6.28. The van der Waals surface area contributed by atoms with E-state index in [1.54, 1.807) is 23.1 Å². The van der Waals surface area contributed by atoms with Crippen molar-refractivity contribution in [2.24, 2.45) is 5.92 Å². The van der Waals surface area contributed by atoms with Gasteiger partial charge in [-0.05, 0) is 18.4 Å². The molecule has 1 aromatic heterocycles. The van der Waals surface area contributed by atoms with Crippen molar-refractivity contribution in [2.75, 3.05) is 5.75 Å². The van der Waals surface area contributed by atoms with Crippen LogP contribution in [0, 0.1) is 17.2 Å². The highest BCUT2D eigenvalue weighted by atomic mass is 32.2. The van der Waals surface area contributed by atoms with E-state index in [-0.39, 0.29) is 5.92 Å². The fourth-order valence-electron chi connectivity index (χ4n) is 0.590. The van der Waals surface area contributed by atoms with Crippen LogP contribution < -0.4 is 0 Å². The third-order valence-electron chi connectivity index (χ3n) is 1.19. The second-order valence-corrected chi connectivity index (χ2v) is 4.54. The van der Waals surface area contributed by atoms with Gasteiger partial charge in [0.15, 0.2) is 0 Å². The van der Waals surface area contributed by atoms with Gasteiger partial charge in [-0.3, -0.25) is 0 Å². The Balaban J connectivity index is 2.30. The molecule has 0 aliphatic carbocycles. The molecule has 1 atom stereocenters. The van der Waals surface area contributed by atoms with Crippen LogP contribution in [-0.4, -0.2) is 5.75 Å². The Morgan fingerprint density at radius 3 is 3.18 bits per heavy atom. The van der Waals surface area contributed by atoms with Crippen LogP contribution >= 0.6 is 23.1 Å². The minimum Gasteiger partial charge on any atom is -0.198 e. The maximum absolute atomic E-state index is 8.50. The average molecular weight is 183 g/mol. The molecule has 1 heterocycles. The predicted molar refractivity (Wildman–Crippen MR) is 49.8 cm³/mol. The summed E-state index contributed by atoms with van der Waals surface area (Å²) >= 11 is 3.48. The van der Waals surface area contributed by atoms with Gasteiger partial charge in [-0.15, -0.1) is 23.1 Å². The first-order valence-electron chi connectivity index (χ1n) is 3.39. The van der Waals surface area contributed by atoms with Crippen LogP contribution in [0.25, 0.3) is 0 Å². The lowest BCUT2D eigenvalue weighted by Gasteiger charge is -1.97. The SMILES string of the molecule is CC(C#N)CSc1cccs1. The molecule has 0 N–H and O–H groups in total. The van der Waals surface area contributed by atoms with E-state index in [1.807, 2.05) is 13.0 Å². The quantitative estimate of drug-likeness (QED) is 0.673. The molecule has 58 valence electrons. The van der Waals surface area contributed by atoms with Crippen molar-refractivity contribution in [3.05, 3.63) is 17.5 Å². The zero-order valence-corrected chi connectivity index (χ0v) is 7.91. The molecular formula is C8H9NS2. The van der Waals surface area contributed by atoms with E-state index in [0.717, 1.165) is 5.75 Å². The van der Waals surface area contributed by atoms with E-state index in [4.69, 9.17) is 5.26 Å². The Morgan fingerprint density at radius 2 is 2.64 bits per heavy atom. The van der Waals surface area contributed by atoms with Crippen molar-refractivity contribution >= 4 is 23.1 Å². The van der Waals surface area contributed by atoms with E-state index < -0.39 is 0 Å². The zero-order chi connectivity index (χ0) is 8.10. The molecule has 0 saturated heterocycles. The van der Waals surface area contributed by atoms with Crippen molar-refractivity contribution in [2.45, 2.75) is 11.1 Å². The number of rotatable bonds is 3. The lowest BCUT2D eigenvalue weighted by molar-refractivity contribution is 0.864. The standard InChI is InChI=1S/C8H9NS2/c1-7(5-9)6-11-8-3-2-4-10-8/h2-4,7H,6H2,1H3. The molecule has 0 aliphatic rings. The van der Waals surface area contributed by atoms with Crippen molar-refractivity contribution < 1.29 is 0 Å². The van der Waals surface area contributed by atoms with Crippen molar-refractivity contribution in [3.63, 3.8) is 0 Å². The van der Waals surface area contributed by atoms with E-state index in [2.05, 4.69) is 17.5 Å². The molecule has 0 radical (unpaired) electrons. The van der Waals surface area contributed by atoms with Crippen LogP contribution in [0.15, 0.2) is 21.7 Å². The van der Waals surface area contributed by atoms with Gasteiger partial charge >= 0.3 is 0 Å². The number of hydrogen-bond acceptors (Lipinski definition) is 3. The summed E-state index contributed by atoms with van der Waals surface area (Å²) in [7, 11) is 0. The molecule has 3 heteroatoms. The highest BCUT2D eigenvalue weighted by molar-refractivity contribution is 8.01. The van der Waals surface area contributed by atoms with Gasteiger partial charge < -0.3 is 0 Å². The van der Waals surface area contributed by atoms with Crippen LogP contribution in [0.3, 0.4) is 0 Å². The minimum atomic E-state index is 0.155. The summed E-state index contributed by atoms with van der Waals surface area (Å²) < 4.78 is 1.30. The Labute approximate surface area is 75.0 Å². The Hall–Kier alpha value is -0.460. The molecule has 0 fully saturated rings. The van der Waals surface area contributed by atoms with Crippen molar-refractivity contribution in [1.29, 1.82) is 5.26 Å². The Morgan fingerprint density at radius 1 is 1.82 bits per heavy atom. The highest BCUT2D eigenvalue weighted by Gasteiger charge is 2.00. The molecule has 0 bridgehead atoms. The maximum atomic E-state index is 8.50. The van der Waals surface area contributed by atoms with Gasteiger partial charge in [-0.1, -0.05) is 6.07 Å². The van der Waals surface area contributed by atoms with Crippen LogP contribution in [0.5, 0.6) is 0 Å². The van der Waals surface area contributed by atoms with Crippen molar-refractivity contribution in [1.82, 2.24) is 0 Å². The summed E-state index contributed by atoms with van der Waals surface area (Å²) in [6, 6.07) is 6.33.